The first-order chi connectivity index (χ1) is 9.22. The monoisotopic (exact) mass is 322 g/mol. The van der Waals surface area contributed by atoms with Crippen LogP contribution in [0.15, 0.2) is 28.9 Å². The van der Waals surface area contributed by atoms with Gasteiger partial charge in [-0.15, -0.1) is 0 Å². The molecule has 5 heteroatoms. The zero-order valence-electron chi connectivity index (χ0n) is 11.2. The summed E-state index contributed by atoms with van der Waals surface area (Å²) in [6, 6.07) is 6.32. The van der Waals surface area contributed by atoms with Gasteiger partial charge in [-0.2, -0.15) is 5.10 Å². The fraction of sp³-hybridized carbons (Fsp3) is 0.500. The van der Waals surface area contributed by atoms with Gasteiger partial charge in [-0.3, -0.25) is 9.58 Å². The molecule has 1 aliphatic heterocycles. The number of halogens is 1. The van der Waals surface area contributed by atoms with Crippen LogP contribution in [-0.4, -0.2) is 59.4 Å². The second-order valence-electron chi connectivity index (χ2n) is 5.22. The summed E-state index contributed by atoms with van der Waals surface area (Å²) in [4.78, 5) is 4.91. The molecule has 1 saturated heterocycles. The second-order valence-corrected chi connectivity index (χ2v) is 6.13. The SMILES string of the molecule is CN1CCN(CCn2ncc3ccc(Br)cc32)CC1. The van der Waals surface area contributed by atoms with E-state index in [-0.39, 0.29) is 0 Å². The van der Waals surface area contributed by atoms with E-state index in [0.29, 0.717) is 0 Å². The number of hydrogen-bond donors (Lipinski definition) is 0. The number of benzene rings is 1. The topological polar surface area (TPSA) is 24.3 Å². The molecule has 2 aromatic rings. The van der Waals surface area contributed by atoms with Crippen LogP contribution in [0, 0.1) is 0 Å². The number of fused-ring (bicyclic) bond motifs is 1. The van der Waals surface area contributed by atoms with Gasteiger partial charge in [0.15, 0.2) is 0 Å². The lowest BCUT2D eigenvalue weighted by Crippen LogP contribution is -2.45. The maximum Gasteiger partial charge on any atom is 0.0694 e. The maximum absolute atomic E-state index is 4.49. The van der Waals surface area contributed by atoms with Gasteiger partial charge < -0.3 is 4.90 Å². The first-order valence-electron chi connectivity index (χ1n) is 6.74. The summed E-state index contributed by atoms with van der Waals surface area (Å²) in [6.45, 7) is 6.72. The van der Waals surface area contributed by atoms with Gasteiger partial charge in [0, 0.05) is 42.6 Å². The van der Waals surface area contributed by atoms with Gasteiger partial charge in [0.05, 0.1) is 18.3 Å². The van der Waals surface area contributed by atoms with Crippen LogP contribution >= 0.6 is 15.9 Å². The van der Waals surface area contributed by atoms with E-state index >= 15 is 0 Å². The normalized spacial score (nSPS) is 18.2. The molecule has 0 unspecified atom stereocenters. The zero-order valence-corrected chi connectivity index (χ0v) is 12.8. The fourth-order valence-electron chi connectivity index (χ4n) is 2.53. The molecule has 1 aliphatic rings. The van der Waals surface area contributed by atoms with E-state index < -0.39 is 0 Å². The smallest absolute Gasteiger partial charge is 0.0694 e. The van der Waals surface area contributed by atoms with Crippen molar-refractivity contribution in [1.82, 2.24) is 19.6 Å². The Morgan fingerprint density at radius 3 is 2.74 bits per heavy atom. The lowest BCUT2D eigenvalue weighted by Gasteiger charge is -2.32. The van der Waals surface area contributed by atoms with Gasteiger partial charge >= 0.3 is 0 Å². The van der Waals surface area contributed by atoms with E-state index in [4.69, 9.17) is 0 Å². The molecule has 0 amide bonds. The highest BCUT2D eigenvalue weighted by Gasteiger charge is 2.13. The Kier molecular flexibility index (Phi) is 3.86. The Hall–Kier alpha value is -0.910. The highest BCUT2D eigenvalue weighted by Crippen LogP contribution is 2.19. The molecule has 0 spiro atoms. The van der Waals surface area contributed by atoms with Gasteiger partial charge in [-0.25, -0.2) is 0 Å². The molecule has 0 atom stereocenters. The van der Waals surface area contributed by atoms with Crippen molar-refractivity contribution >= 4 is 26.8 Å². The first kappa shape index (κ1) is 13.1. The number of hydrogen-bond acceptors (Lipinski definition) is 3. The molecule has 0 bridgehead atoms. The average Bonchev–Trinajstić information content (AvgIpc) is 2.80. The van der Waals surface area contributed by atoms with E-state index in [1.807, 2.05) is 6.20 Å². The number of nitrogens with zero attached hydrogens (tertiary/aromatic N) is 4. The average molecular weight is 323 g/mol. The summed E-state index contributed by atoms with van der Waals surface area (Å²) in [5, 5.41) is 5.70. The van der Waals surface area contributed by atoms with Crippen molar-refractivity contribution in [3.8, 4) is 0 Å². The van der Waals surface area contributed by atoms with Crippen molar-refractivity contribution < 1.29 is 0 Å². The molecule has 102 valence electrons. The van der Waals surface area contributed by atoms with Crippen molar-refractivity contribution in [2.24, 2.45) is 0 Å². The minimum absolute atomic E-state index is 0.962. The van der Waals surface area contributed by atoms with Gasteiger partial charge in [-0.05, 0) is 19.2 Å². The molecule has 0 aliphatic carbocycles. The van der Waals surface area contributed by atoms with Crippen molar-refractivity contribution in [1.29, 1.82) is 0 Å². The second kappa shape index (κ2) is 5.61. The summed E-state index contributed by atoms with van der Waals surface area (Å²) in [7, 11) is 2.19. The molecule has 19 heavy (non-hydrogen) atoms. The third-order valence-corrected chi connectivity index (χ3v) is 4.32. The lowest BCUT2D eigenvalue weighted by atomic mass is 10.2. The molecule has 0 saturated carbocycles. The molecule has 0 N–H and O–H groups in total. The summed E-state index contributed by atoms with van der Waals surface area (Å²) >= 11 is 3.53. The van der Waals surface area contributed by atoms with Crippen LogP contribution < -0.4 is 0 Å². The van der Waals surface area contributed by atoms with Crippen LogP contribution in [0.25, 0.3) is 10.9 Å². The molecule has 1 aromatic heterocycles. The Labute approximate surface area is 122 Å². The maximum atomic E-state index is 4.49. The van der Waals surface area contributed by atoms with Crippen LogP contribution in [0.5, 0.6) is 0 Å². The molecule has 0 radical (unpaired) electrons. The van der Waals surface area contributed by atoms with E-state index in [9.17, 15) is 0 Å². The van der Waals surface area contributed by atoms with Gasteiger partial charge in [0.25, 0.3) is 0 Å². The van der Waals surface area contributed by atoms with Crippen LogP contribution in [0.1, 0.15) is 0 Å². The van der Waals surface area contributed by atoms with Gasteiger partial charge in [0.1, 0.15) is 0 Å². The molecule has 2 heterocycles. The lowest BCUT2D eigenvalue weighted by molar-refractivity contribution is 0.149. The van der Waals surface area contributed by atoms with Crippen molar-refractivity contribution in [3.63, 3.8) is 0 Å². The van der Waals surface area contributed by atoms with Crippen LogP contribution in [0.2, 0.25) is 0 Å². The molecule has 3 rings (SSSR count). The number of piperazine rings is 1. The molecular formula is C14H19BrN4. The first-order valence-corrected chi connectivity index (χ1v) is 7.54. The van der Waals surface area contributed by atoms with Crippen LogP contribution in [-0.2, 0) is 6.54 Å². The third-order valence-electron chi connectivity index (χ3n) is 3.83. The van der Waals surface area contributed by atoms with Crippen molar-refractivity contribution in [2.45, 2.75) is 6.54 Å². The van der Waals surface area contributed by atoms with E-state index in [2.05, 4.69) is 60.8 Å². The molecule has 4 nitrogen and oxygen atoms in total. The predicted octanol–water partition coefficient (Wildman–Crippen LogP) is 2.05. The third kappa shape index (κ3) is 2.99. The quantitative estimate of drug-likeness (QED) is 0.864. The highest BCUT2D eigenvalue weighted by molar-refractivity contribution is 9.10. The van der Waals surface area contributed by atoms with Crippen LogP contribution in [0.3, 0.4) is 0 Å². The number of rotatable bonds is 3. The molecular weight excluding hydrogens is 304 g/mol. The standard InChI is InChI=1S/C14H19BrN4/c1-17-4-6-18(7-5-17)8-9-19-14-10-13(15)3-2-12(14)11-16-19/h2-3,10-11H,4-9H2,1H3. The van der Waals surface area contributed by atoms with Crippen LogP contribution in [0.4, 0.5) is 0 Å². The minimum Gasteiger partial charge on any atom is -0.304 e. The predicted molar refractivity (Wildman–Crippen MR) is 81.4 cm³/mol. The summed E-state index contributed by atoms with van der Waals surface area (Å²) in [5.41, 5.74) is 1.21. The largest absolute Gasteiger partial charge is 0.304 e. The Balaban J connectivity index is 1.67. The summed E-state index contributed by atoms with van der Waals surface area (Å²) in [6.07, 6.45) is 1.95. The number of aromatic nitrogens is 2. The van der Waals surface area contributed by atoms with Gasteiger partial charge in [-0.1, -0.05) is 22.0 Å². The van der Waals surface area contributed by atoms with E-state index in [1.165, 1.54) is 37.1 Å². The molecule has 1 aromatic carbocycles. The summed E-state index contributed by atoms with van der Waals surface area (Å²) in [5.74, 6) is 0. The molecule has 1 fully saturated rings. The van der Waals surface area contributed by atoms with E-state index in [1.54, 1.807) is 0 Å². The number of likely N-dealkylation sites (N-methyl/N-ethyl adjacent to an activating group) is 1. The zero-order chi connectivity index (χ0) is 13.2. The van der Waals surface area contributed by atoms with Crippen molar-refractivity contribution in [2.75, 3.05) is 39.8 Å². The minimum atomic E-state index is 0.962. The Morgan fingerprint density at radius 2 is 1.95 bits per heavy atom. The summed E-state index contributed by atoms with van der Waals surface area (Å²) < 4.78 is 3.22. The van der Waals surface area contributed by atoms with Crippen molar-refractivity contribution in [3.05, 3.63) is 28.9 Å². The Bertz CT molecular complexity index is 558. The fourth-order valence-corrected chi connectivity index (χ4v) is 2.88. The Morgan fingerprint density at radius 1 is 1.16 bits per heavy atom. The van der Waals surface area contributed by atoms with E-state index in [0.717, 1.165) is 17.6 Å². The van der Waals surface area contributed by atoms with Gasteiger partial charge in [0.2, 0.25) is 0 Å². The highest BCUT2D eigenvalue weighted by atomic mass is 79.9.